The maximum atomic E-state index is 11.9. The third-order valence-corrected chi connectivity index (χ3v) is 3.64. The predicted molar refractivity (Wildman–Crippen MR) is 64.4 cm³/mol. The van der Waals surface area contributed by atoms with Crippen molar-refractivity contribution in [1.82, 2.24) is 5.32 Å². The molecular formula is C12H22N2O3. The summed E-state index contributed by atoms with van der Waals surface area (Å²) in [4.78, 5) is 22.8. The second-order valence-corrected chi connectivity index (χ2v) is 5.19. The number of aliphatic carboxylic acids is 1. The topological polar surface area (TPSA) is 92.4 Å². The number of rotatable bonds is 5. The molecule has 0 heterocycles. The fourth-order valence-electron chi connectivity index (χ4n) is 2.30. The van der Waals surface area contributed by atoms with Gasteiger partial charge < -0.3 is 16.2 Å². The van der Waals surface area contributed by atoms with Crippen LogP contribution < -0.4 is 11.1 Å². The number of hydrogen-bond acceptors (Lipinski definition) is 3. The first kappa shape index (κ1) is 14.0. The Balaban J connectivity index is 2.67. The molecule has 1 aliphatic carbocycles. The standard InChI is InChI=1S/C12H22N2O3/c1-8(9(2)13)11(17)14-12(7-10(15)16)5-3-4-6-12/h8-9H,3-7,13H2,1-2H3,(H,14,17)(H,15,16). The highest BCUT2D eigenvalue weighted by Gasteiger charge is 2.38. The molecule has 0 radical (unpaired) electrons. The number of carboxylic acid groups (broad SMARTS) is 1. The van der Waals surface area contributed by atoms with Gasteiger partial charge in [-0.2, -0.15) is 0 Å². The fraction of sp³-hybridized carbons (Fsp3) is 0.833. The van der Waals surface area contributed by atoms with Crippen LogP contribution in [0.2, 0.25) is 0 Å². The number of carboxylic acids is 1. The Morgan fingerprint density at radius 2 is 1.88 bits per heavy atom. The van der Waals surface area contributed by atoms with Crippen LogP contribution in [0.5, 0.6) is 0 Å². The van der Waals surface area contributed by atoms with Crippen LogP contribution in [0.15, 0.2) is 0 Å². The molecular weight excluding hydrogens is 220 g/mol. The van der Waals surface area contributed by atoms with Gasteiger partial charge in [0.05, 0.1) is 12.0 Å². The number of carbonyl (C=O) groups is 2. The van der Waals surface area contributed by atoms with Gasteiger partial charge in [0.25, 0.3) is 0 Å². The Morgan fingerprint density at radius 1 is 1.35 bits per heavy atom. The first-order valence-corrected chi connectivity index (χ1v) is 6.16. The Labute approximate surface area is 102 Å². The average molecular weight is 242 g/mol. The molecule has 1 rings (SSSR count). The van der Waals surface area contributed by atoms with Gasteiger partial charge in [-0.1, -0.05) is 19.8 Å². The van der Waals surface area contributed by atoms with Crippen LogP contribution in [0.3, 0.4) is 0 Å². The molecule has 0 bridgehead atoms. The molecule has 0 saturated heterocycles. The third-order valence-electron chi connectivity index (χ3n) is 3.64. The van der Waals surface area contributed by atoms with Crippen LogP contribution in [-0.4, -0.2) is 28.6 Å². The van der Waals surface area contributed by atoms with E-state index >= 15 is 0 Å². The molecule has 0 spiro atoms. The summed E-state index contributed by atoms with van der Waals surface area (Å²) in [5.74, 6) is -1.29. The molecule has 1 fully saturated rings. The van der Waals surface area contributed by atoms with Gasteiger partial charge in [-0.25, -0.2) is 0 Å². The maximum Gasteiger partial charge on any atom is 0.305 e. The second kappa shape index (κ2) is 5.49. The molecule has 0 aliphatic heterocycles. The molecule has 5 nitrogen and oxygen atoms in total. The minimum absolute atomic E-state index is 0.00438. The number of nitrogens with one attached hydrogen (secondary N) is 1. The minimum atomic E-state index is -0.861. The first-order valence-electron chi connectivity index (χ1n) is 6.16. The average Bonchev–Trinajstić information content (AvgIpc) is 2.63. The minimum Gasteiger partial charge on any atom is -0.481 e. The van der Waals surface area contributed by atoms with Crippen molar-refractivity contribution in [3.63, 3.8) is 0 Å². The SMILES string of the molecule is CC(N)C(C)C(=O)NC1(CC(=O)O)CCCC1. The van der Waals surface area contributed by atoms with Crippen LogP contribution in [0, 0.1) is 5.92 Å². The maximum absolute atomic E-state index is 11.9. The highest BCUT2D eigenvalue weighted by atomic mass is 16.4. The van der Waals surface area contributed by atoms with Crippen LogP contribution in [0.1, 0.15) is 46.0 Å². The van der Waals surface area contributed by atoms with Crippen molar-refractivity contribution in [2.24, 2.45) is 11.7 Å². The number of carbonyl (C=O) groups excluding carboxylic acids is 1. The van der Waals surface area contributed by atoms with E-state index in [0.29, 0.717) is 0 Å². The van der Waals surface area contributed by atoms with Crippen molar-refractivity contribution in [2.75, 3.05) is 0 Å². The molecule has 0 aromatic carbocycles. The van der Waals surface area contributed by atoms with Crippen molar-refractivity contribution < 1.29 is 14.7 Å². The molecule has 2 unspecified atom stereocenters. The summed E-state index contributed by atoms with van der Waals surface area (Å²) in [5.41, 5.74) is 5.13. The van der Waals surface area contributed by atoms with Crippen LogP contribution in [0.25, 0.3) is 0 Å². The summed E-state index contributed by atoms with van der Waals surface area (Å²) < 4.78 is 0. The van der Waals surface area contributed by atoms with E-state index in [4.69, 9.17) is 10.8 Å². The number of amides is 1. The fourth-order valence-corrected chi connectivity index (χ4v) is 2.30. The summed E-state index contributed by atoms with van der Waals surface area (Å²) in [6, 6.07) is -0.224. The van der Waals surface area contributed by atoms with E-state index < -0.39 is 11.5 Å². The zero-order valence-corrected chi connectivity index (χ0v) is 10.5. The van der Waals surface area contributed by atoms with Gasteiger partial charge in [-0.15, -0.1) is 0 Å². The van der Waals surface area contributed by atoms with E-state index in [1.54, 1.807) is 13.8 Å². The van der Waals surface area contributed by atoms with Gasteiger partial charge in [0.1, 0.15) is 0 Å². The molecule has 17 heavy (non-hydrogen) atoms. The summed E-state index contributed by atoms with van der Waals surface area (Å²) in [7, 11) is 0. The van der Waals surface area contributed by atoms with E-state index in [9.17, 15) is 9.59 Å². The van der Waals surface area contributed by atoms with Crippen molar-refractivity contribution in [3.8, 4) is 0 Å². The number of nitrogens with two attached hydrogens (primary N) is 1. The zero-order chi connectivity index (χ0) is 13.1. The van der Waals surface area contributed by atoms with Gasteiger partial charge in [-0.3, -0.25) is 9.59 Å². The lowest BCUT2D eigenvalue weighted by Gasteiger charge is -2.30. The molecule has 0 aromatic rings. The van der Waals surface area contributed by atoms with Crippen molar-refractivity contribution >= 4 is 11.9 Å². The van der Waals surface area contributed by atoms with E-state index in [-0.39, 0.29) is 24.3 Å². The van der Waals surface area contributed by atoms with E-state index in [2.05, 4.69) is 5.32 Å². The van der Waals surface area contributed by atoms with Crippen molar-refractivity contribution in [2.45, 2.75) is 57.5 Å². The summed E-state index contributed by atoms with van der Waals surface area (Å²) >= 11 is 0. The Kier molecular flexibility index (Phi) is 4.51. The molecule has 1 amide bonds. The molecule has 1 aliphatic rings. The van der Waals surface area contributed by atoms with Gasteiger partial charge >= 0.3 is 5.97 Å². The highest BCUT2D eigenvalue weighted by molar-refractivity contribution is 5.81. The quantitative estimate of drug-likeness (QED) is 0.667. The van der Waals surface area contributed by atoms with Crippen LogP contribution >= 0.6 is 0 Å². The second-order valence-electron chi connectivity index (χ2n) is 5.19. The monoisotopic (exact) mass is 242 g/mol. The van der Waals surface area contributed by atoms with E-state index in [0.717, 1.165) is 25.7 Å². The van der Waals surface area contributed by atoms with Crippen LogP contribution in [0.4, 0.5) is 0 Å². The molecule has 1 saturated carbocycles. The molecule has 98 valence electrons. The molecule has 2 atom stereocenters. The van der Waals surface area contributed by atoms with Crippen molar-refractivity contribution in [1.29, 1.82) is 0 Å². The van der Waals surface area contributed by atoms with Crippen molar-refractivity contribution in [3.05, 3.63) is 0 Å². The van der Waals surface area contributed by atoms with E-state index in [1.807, 2.05) is 0 Å². The Bertz CT molecular complexity index is 296. The Morgan fingerprint density at radius 3 is 2.29 bits per heavy atom. The van der Waals surface area contributed by atoms with Gasteiger partial charge in [0, 0.05) is 12.0 Å². The highest BCUT2D eigenvalue weighted by Crippen LogP contribution is 2.33. The van der Waals surface area contributed by atoms with E-state index in [1.165, 1.54) is 0 Å². The summed E-state index contributed by atoms with van der Waals surface area (Å²) in [5, 5.41) is 11.8. The Hall–Kier alpha value is -1.10. The van der Waals surface area contributed by atoms with Gasteiger partial charge in [-0.05, 0) is 19.8 Å². The van der Waals surface area contributed by atoms with Crippen LogP contribution in [-0.2, 0) is 9.59 Å². The molecule has 0 aromatic heterocycles. The lowest BCUT2D eigenvalue weighted by molar-refractivity contribution is -0.139. The smallest absolute Gasteiger partial charge is 0.305 e. The summed E-state index contributed by atoms with van der Waals surface area (Å²) in [6.45, 7) is 3.55. The lowest BCUT2D eigenvalue weighted by Crippen LogP contribution is -2.51. The van der Waals surface area contributed by atoms with Gasteiger partial charge in [0.15, 0.2) is 0 Å². The predicted octanol–water partition coefficient (Wildman–Crippen LogP) is 0.873. The molecule has 5 heteroatoms. The first-order chi connectivity index (χ1) is 7.86. The zero-order valence-electron chi connectivity index (χ0n) is 10.5. The molecule has 4 N–H and O–H groups in total. The largest absolute Gasteiger partial charge is 0.481 e. The van der Waals surface area contributed by atoms with Gasteiger partial charge in [0.2, 0.25) is 5.91 Å². The number of hydrogen-bond donors (Lipinski definition) is 3. The normalized spacial score (nSPS) is 21.8. The summed E-state index contributed by atoms with van der Waals surface area (Å²) in [6.07, 6.45) is 3.44. The lowest BCUT2D eigenvalue weighted by atomic mass is 9.91. The third kappa shape index (κ3) is 3.70.